The zero-order valence-corrected chi connectivity index (χ0v) is 28.8. The van der Waals surface area contributed by atoms with Crippen LogP contribution in [0.4, 0.5) is 17.3 Å². The van der Waals surface area contributed by atoms with Gasteiger partial charge in [-0.1, -0.05) is 154 Å². The van der Waals surface area contributed by atoms with Crippen molar-refractivity contribution >= 4 is 7.25 Å². The van der Waals surface area contributed by atoms with E-state index in [0.717, 1.165) is 0 Å². The van der Waals surface area contributed by atoms with Crippen LogP contribution >= 0.6 is 0 Å². The van der Waals surface area contributed by atoms with Gasteiger partial charge in [-0.05, 0) is 61.1 Å². The molecule has 0 heterocycles. The lowest BCUT2D eigenvalue weighted by atomic mass is 10.0. The molecule has 42 heavy (non-hydrogen) atoms. The largest absolute Gasteiger partial charge is 0.673 e. The van der Waals surface area contributed by atoms with Crippen LogP contribution in [0.25, 0.3) is 0 Å². The molecule has 0 saturated carbocycles. The first-order valence-corrected chi connectivity index (χ1v) is 19.2. The maximum Gasteiger partial charge on any atom is 0.673 e. The van der Waals surface area contributed by atoms with Crippen molar-refractivity contribution in [3.05, 3.63) is 66.8 Å². The molecule has 0 N–H and O–H groups in total. The van der Waals surface area contributed by atoms with Crippen molar-refractivity contribution in [3.8, 4) is 0 Å². The van der Waals surface area contributed by atoms with Gasteiger partial charge < -0.3 is 17.3 Å². The van der Waals surface area contributed by atoms with Gasteiger partial charge in [0.15, 0.2) is 7.14 Å². The Kier molecular flexibility index (Phi) is 24.5. The summed E-state index contributed by atoms with van der Waals surface area (Å²) in [5.41, 5.74) is 3.05. The second-order valence-corrected chi connectivity index (χ2v) is 14.7. The van der Waals surface area contributed by atoms with Crippen LogP contribution < -0.4 is 21.2 Å². The predicted molar refractivity (Wildman–Crippen MR) is 172 cm³/mol. The molecule has 2 aromatic carbocycles. The minimum Gasteiger partial charge on any atom is -0.418 e. The lowest BCUT2D eigenvalue weighted by Crippen LogP contribution is -3.61. The maximum absolute atomic E-state index is 9.75. The van der Waals surface area contributed by atoms with Crippen LogP contribution in [0.5, 0.6) is 0 Å². The standard InChI is InChI=1S/C36H58I.BF4/c1-3-5-7-9-11-13-15-17-19-21-23-33-25-29-35(30-26-33)37-36-31-27-34(28-32-36)24-22-20-18-16-14-12-10-8-6-4-2;2-1(3,4)5/h25-32H,3-24H2,1-2H3;/q+1;-1. The maximum atomic E-state index is 9.75. The number of unbranched alkanes of at least 4 members (excludes halogenated alkanes) is 18. The Labute approximate surface area is 266 Å². The van der Waals surface area contributed by atoms with E-state index in [1.807, 2.05) is 0 Å². The molecular weight excluding hydrogens is 646 g/mol. The molecular formula is C36H58BF4I. The van der Waals surface area contributed by atoms with Gasteiger partial charge in [0.25, 0.3) is 0 Å². The topological polar surface area (TPSA) is 0 Å². The van der Waals surface area contributed by atoms with Crippen LogP contribution in [0.2, 0.25) is 0 Å². The summed E-state index contributed by atoms with van der Waals surface area (Å²) in [6.07, 6.45) is 30.9. The van der Waals surface area contributed by atoms with Crippen LogP contribution in [0.15, 0.2) is 48.5 Å². The van der Waals surface area contributed by atoms with Crippen molar-refractivity contribution in [2.24, 2.45) is 0 Å². The molecule has 0 aliphatic carbocycles. The zero-order chi connectivity index (χ0) is 30.7. The fourth-order valence-electron chi connectivity index (χ4n) is 5.19. The summed E-state index contributed by atoms with van der Waals surface area (Å²) in [5.74, 6) is 0. The van der Waals surface area contributed by atoms with Gasteiger partial charge >= 0.3 is 28.5 Å². The van der Waals surface area contributed by atoms with E-state index in [0.29, 0.717) is 0 Å². The molecule has 0 saturated heterocycles. The molecule has 0 aliphatic heterocycles. The van der Waals surface area contributed by atoms with Crippen LogP contribution in [-0.2, 0) is 12.8 Å². The lowest BCUT2D eigenvalue weighted by molar-refractivity contribution is -0.597. The average molecular weight is 705 g/mol. The molecule has 2 aromatic rings. The van der Waals surface area contributed by atoms with Crippen molar-refractivity contribution in [1.29, 1.82) is 0 Å². The van der Waals surface area contributed by atoms with E-state index < -0.39 is 7.25 Å². The second-order valence-electron chi connectivity index (χ2n) is 11.7. The van der Waals surface area contributed by atoms with Gasteiger partial charge in [-0.3, -0.25) is 0 Å². The number of benzene rings is 2. The Bertz CT molecular complexity index is 781. The fourth-order valence-corrected chi connectivity index (χ4v) is 7.34. The van der Waals surface area contributed by atoms with Gasteiger partial charge in [0.05, 0.1) is 0 Å². The third kappa shape index (κ3) is 25.5. The molecule has 240 valence electrons. The highest BCUT2D eigenvalue weighted by Crippen LogP contribution is 2.14. The Hall–Kier alpha value is -1.05. The highest BCUT2D eigenvalue weighted by Gasteiger charge is 2.20. The molecule has 0 radical (unpaired) electrons. The molecule has 0 bridgehead atoms. The molecule has 0 aromatic heterocycles. The molecule has 0 unspecified atom stereocenters. The number of halogens is 5. The normalized spacial score (nSPS) is 11.4. The Balaban J connectivity index is 0.00000162. The SMILES string of the molecule is CCCCCCCCCCCCc1ccc([I+]c2ccc(CCCCCCCCCCCC)cc2)cc1.F[B-](F)(F)F. The molecule has 2 rings (SSSR count). The van der Waals surface area contributed by atoms with E-state index >= 15 is 0 Å². The zero-order valence-electron chi connectivity index (χ0n) is 26.6. The van der Waals surface area contributed by atoms with Crippen LogP contribution in [0, 0.1) is 7.14 Å². The van der Waals surface area contributed by atoms with Gasteiger partial charge in [0.1, 0.15) is 0 Å². The minimum absolute atomic E-state index is 0.0574. The number of hydrogen-bond donors (Lipinski definition) is 0. The van der Waals surface area contributed by atoms with Crippen LogP contribution in [-0.4, -0.2) is 7.25 Å². The van der Waals surface area contributed by atoms with Crippen molar-refractivity contribution < 1.29 is 38.5 Å². The van der Waals surface area contributed by atoms with Gasteiger partial charge in [-0.25, -0.2) is 0 Å². The van der Waals surface area contributed by atoms with Crippen molar-refractivity contribution in [2.75, 3.05) is 0 Å². The quantitative estimate of drug-likeness (QED) is 0.0442. The number of rotatable bonds is 24. The Morgan fingerprint density at radius 1 is 0.405 bits per heavy atom. The van der Waals surface area contributed by atoms with E-state index in [-0.39, 0.29) is 21.2 Å². The van der Waals surface area contributed by atoms with E-state index in [4.69, 9.17) is 0 Å². The molecule has 6 heteroatoms. The summed E-state index contributed by atoms with van der Waals surface area (Å²) in [4.78, 5) is 0. The van der Waals surface area contributed by atoms with E-state index in [1.54, 1.807) is 7.14 Å². The molecule has 0 amide bonds. The summed E-state index contributed by atoms with van der Waals surface area (Å²) >= 11 is -0.0574. The summed E-state index contributed by atoms with van der Waals surface area (Å²) in [6, 6.07) is 19.2. The Morgan fingerprint density at radius 2 is 0.643 bits per heavy atom. The van der Waals surface area contributed by atoms with Crippen molar-refractivity contribution in [1.82, 2.24) is 0 Å². The monoisotopic (exact) mass is 704 g/mol. The summed E-state index contributed by atoms with van der Waals surface area (Å²) in [7, 11) is -6.00. The minimum atomic E-state index is -6.00. The summed E-state index contributed by atoms with van der Waals surface area (Å²) < 4.78 is 42.1. The first kappa shape index (κ1) is 39.0. The second kappa shape index (κ2) is 26.4. The fraction of sp³-hybridized carbons (Fsp3) is 0.667. The molecule has 0 aliphatic rings. The van der Waals surface area contributed by atoms with Crippen LogP contribution in [0.1, 0.15) is 153 Å². The molecule has 0 fully saturated rings. The van der Waals surface area contributed by atoms with Crippen molar-refractivity contribution in [2.45, 2.75) is 155 Å². The van der Waals surface area contributed by atoms with E-state index in [1.165, 1.54) is 152 Å². The third-order valence-electron chi connectivity index (χ3n) is 7.68. The van der Waals surface area contributed by atoms with E-state index in [2.05, 4.69) is 62.4 Å². The predicted octanol–water partition coefficient (Wildman–Crippen LogP) is 10.0. The Morgan fingerprint density at radius 3 is 0.905 bits per heavy atom. The summed E-state index contributed by atoms with van der Waals surface area (Å²) in [6.45, 7) is 4.60. The first-order valence-electron chi connectivity index (χ1n) is 17.0. The molecule has 0 spiro atoms. The van der Waals surface area contributed by atoms with Crippen molar-refractivity contribution in [3.63, 3.8) is 0 Å². The number of aryl methyl sites for hydroxylation is 2. The lowest BCUT2D eigenvalue weighted by Gasteiger charge is -2.03. The van der Waals surface area contributed by atoms with E-state index in [9.17, 15) is 17.3 Å². The smallest absolute Gasteiger partial charge is 0.418 e. The van der Waals surface area contributed by atoms with Crippen LogP contribution in [0.3, 0.4) is 0 Å². The molecule has 0 atom stereocenters. The number of hydrogen-bond acceptors (Lipinski definition) is 0. The first-order chi connectivity index (χ1) is 20.3. The average Bonchev–Trinajstić information content (AvgIpc) is 2.96. The van der Waals surface area contributed by atoms with Gasteiger partial charge in [-0.2, -0.15) is 0 Å². The highest BCUT2D eigenvalue weighted by atomic mass is 127. The highest BCUT2D eigenvalue weighted by molar-refractivity contribution is 6.50. The summed E-state index contributed by atoms with van der Waals surface area (Å²) in [5, 5.41) is 0. The third-order valence-corrected chi connectivity index (χ3v) is 10.4. The van der Waals surface area contributed by atoms with Gasteiger partial charge in [0.2, 0.25) is 0 Å². The molecule has 0 nitrogen and oxygen atoms in total. The van der Waals surface area contributed by atoms with Gasteiger partial charge in [0, 0.05) is 0 Å². The van der Waals surface area contributed by atoms with Gasteiger partial charge in [-0.15, -0.1) is 0 Å².